The molecule has 2 fully saturated rings. The van der Waals surface area contributed by atoms with Crippen molar-refractivity contribution in [3.05, 3.63) is 54.5 Å². The number of likely N-dealkylation sites (tertiary alicyclic amines) is 1. The number of nitrogens with zero attached hydrogens (tertiary/aromatic N) is 5. The summed E-state index contributed by atoms with van der Waals surface area (Å²) in [6, 6.07) is 13.8. The molecular formula is C30H38N6O5. The molecule has 3 amide bonds. The quantitative estimate of drug-likeness (QED) is 0.355. The van der Waals surface area contributed by atoms with Gasteiger partial charge in [-0.3, -0.25) is 4.79 Å². The van der Waals surface area contributed by atoms with Crippen molar-refractivity contribution in [1.29, 1.82) is 0 Å². The van der Waals surface area contributed by atoms with E-state index in [4.69, 9.17) is 14.2 Å². The Balaban J connectivity index is 1.13. The fourth-order valence-corrected chi connectivity index (χ4v) is 5.31. The number of amides is 3. The third kappa shape index (κ3) is 7.42. The summed E-state index contributed by atoms with van der Waals surface area (Å²) in [5.74, 6) is 0.940. The lowest BCUT2D eigenvalue weighted by molar-refractivity contribution is -0.119. The Hall–Kier alpha value is -3.96. The van der Waals surface area contributed by atoms with Crippen molar-refractivity contribution in [2.24, 2.45) is 0 Å². The zero-order valence-electron chi connectivity index (χ0n) is 23.5. The number of ether oxygens (including phenoxy) is 3. The summed E-state index contributed by atoms with van der Waals surface area (Å²) in [6.45, 7) is 6.44. The maximum Gasteiger partial charge on any atom is 0.321 e. The lowest BCUT2D eigenvalue weighted by Gasteiger charge is -2.32. The normalized spacial score (nSPS) is 16.0. The molecule has 41 heavy (non-hydrogen) atoms. The number of aromatic nitrogens is 2. The molecule has 2 aliphatic rings. The highest BCUT2D eigenvalue weighted by Crippen LogP contribution is 2.32. The second-order valence-electron chi connectivity index (χ2n) is 10.3. The molecule has 5 rings (SSSR count). The van der Waals surface area contributed by atoms with Crippen molar-refractivity contribution in [1.82, 2.24) is 19.8 Å². The van der Waals surface area contributed by atoms with Gasteiger partial charge in [0.05, 0.1) is 37.6 Å². The zero-order chi connectivity index (χ0) is 28.4. The van der Waals surface area contributed by atoms with E-state index in [1.807, 2.05) is 47.4 Å². The second-order valence-corrected chi connectivity index (χ2v) is 10.3. The van der Waals surface area contributed by atoms with Crippen LogP contribution in [0.1, 0.15) is 24.5 Å². The third-order valence-corrected chi connectivity index (χ3v) is 7.68. The second kappa shape index (κ2) is 14.1. The molecule has 1 aromatic heterocycles. The van der Waals surface area contributed by atoms with Gasteiger partial charge in [-0.2, -0.15) is 0 Å². The monoisotopic (exact) mass is 562 g/mol. The molecular weight excluding hydrogens is 524 g/mol. The molecule has 0 aliphatic carbocycles. The van der Waals surface area contributed by atoms with Crippen LogP contribution >= 0.6 is 0 Å². The van der Waals surface area contributed by atoms with E-state index in [0.717, 1.165) is 73.5 Å². The minimum Gasteiger partial charge on any atom is -0.492 e. The van der Waals surface area contributed by atoms with Crippen LogP contribution in [0.4, 0.5) is 16.2 Å². The third-order valence-electron chi connectivity index (χ3n) is 7.68. The van der Waals surface area contributed by atoms with Gasteiger partial charge in [0.2, 0.25) is 6.41 Å². The van der Waals surface area contributed by atoms with Crippen LogP contribution in [0.15, 0.2) is 48.8 Å². The number of morpholine rings is 1. The predicted molar refractivity (Wildman–Crippen MR) is 157 cm³/mol. The first kappa shape index (κ1) is 28.6. The molecule has 2 aromatic carbocycles. The molecule has 0 unspecified atom stereocenters. The Morgan fingerprint density at radius 3 is 2.54 bits per heavy atom. The van der Waals surface area contributed by atoms with Crippen LogP contribution in [0.2, 0.25) is 0 Å². The van der Waals surface area contributed by atoms with Gasteiger partial charge < -0.3 is 34.2 Å². The first-order valence-electron chi connectivity index (χ1n) is 14.2. The standard InChI is InChI=1S/C30H38N6O5/c1-39-16-12-34(22-37)13-19-41-26-6-7-27-28(20-26)31-21-32-29(27)23-8-10-36(11-9-23)30(38)33-24-2-4-25(5-3-24)35-14-17-40-18-15-35/h2-7,20-23H,8-19H2,1H3,(H,33,38). The van der Waals surface area contributed by atoms with Crippen LogP contribution in [0.5, 0.6) is 5.75 Å². The molecule has 0 saturated carbocycles. The van der Waals surface area contributed by atoms with E-state index in [1.54, 1.807) is 18.3 Å². The molecule has 1 N–H and O–H groups in total. The van der Waals surface area contributed by atoms with Crippen LogP contribution in [-0.2, 0) is 14.3 Å². The molecule has 0 spiro atoms. The average Bonchev–Trinajstić information content (AvgIpc) is 3.03. The Morgan fingerprint density at radius 2 is 1.80 bits per heavy atom. The topological polar surface area (TPSA) is 109 Å². The van der Waals surface area contributed by atoms with Gasteiger partial charge in [0.1, 0.15) is 18.7 Å². The van der Waals surface area contributed by atoms with E-state index in [1.165, 1.54) is 0 Å². The van der Waals surface area contributed by atoms with Gasteiger partial charge in [0.25, 0.3) is 0 Å². The van der Waals surface area contributed by atoms with Crippen molar-refractivity contribution in [3.8, 4) is 5.75 Å². The summed E-state index contributed by atoms with van der Waals surface area (Å²) in [5, 5.41) is 4.04. The first-order valence-corrected chi connectivity index (χ1v) is 14.2. The average molecular weight is 563 g/mol. The van der Waals surface area contributed by atoms with E-state index >= 15 is 0 Å². The lowest BCUT2D eigenvalue weighted by atomic mass is 9.91. The van der Waals surface area contributed by atoms with Gasteiger partial charge >= 0.3 is 6.03 Å². The number of fused-ring (bicyclic) bond motifs is 1. The van der Waals surface area contributed by atoms with Crippen molar-refractivity contribution >= 4 is 34.7 Å². The fraction of sp³-hybridized carbons (Fsp3) is 0.467. The Labute approximate surface area is 240 Å². The van der Waals surface area contributed by atoms with Crippen LogP contribution in [0.3, 0.4) is 0 Å². The van der Waals surface area contributed by atoms with Crippen molar-refractivity contribution in [2.75, 3.05) is 83.0 Å². The number of nitrogens with one attached hydrogen (secondary N) is 1. The molecule has 218 valence electrons. The van der Waals surface area contributed by atoms with Crippen molar-refractivity contribution < 1.29 is 23.8 Å². The lowest BCUT2D eigenvalue weighted by Crippen LogP contribution is -2.40. The summed E-state index contributed by atoms with van der Waals surface area (Å²) in [7, 11) is 1.61. The van der Waals surface area contributed by atoms with Gasteiger partial charge in [0, 0.05) is 68.6 Å². The minimum atomic E-state index is -0.0766. The summed E-state index contributed by atoms with van der Waals surface area (Å²) >= 11 is 0. The number of hydrogen-bond donors (Lipinski definition) is 1. The van der Waals surface area contributed by atoms with Gasteiger partial charge in [-0.25, -0.2) is 14.8 Å². The highest BCUT2D eigenvalue weighted by molar-refractivity contribution is 5.89. The fourth-order valence-electron chi connectivity index (χ4n) is 5.31. The SMILES string of the molecule is COCCN(C=O)CCOc1ccc2c(C3CCN(C(=O)Nc4ccc(N5CCOCC5)cc4)CC3)ncnc2c1. The number of hydrogen-bond acceptors (Lipinski definition) is 8. The number of anilines is 2. The number of carbonyl (C=O) groups excluding carboxylic acids is 2. The smallest absolute Gasteiger partial charge is 0.321 e. The minimum absolute atomic E-state index is 0.0766. The largest absolute Gasteiger partial charge is 0.492 e. The Kier molecular flexibility index (Phi) is 9.82. The van der Waals surface area contributed by atoms with E-state index in [2.05, 4.69) is 20.2 Å². The number of methoxy groups -OCH3 is 1. The van der Waals surface area contributed by atoms with Crippen molar-refractivity contribution in [2.45, 2.75) is 18.8 Å². The van der Waals surface area contributed by atoms with Crippen LogP contribution < -0.4 is 15.0 Å². The molecule has 3 aromatic rings. The predicted octanol–water partition coefficient (Wildman–Crippen LogP) is 3.36. The highest BCUT2D eigenvalue weighted by Gasteiger charge is 2.26. The molecule has 3 heterocycles. The first-order chi connectivity index (χ1) is 20.1. The zero-order valence-corrected chi connectivity index (χ0v) is 23.5. The van der Waals surface area contributed by atoms with Crippen LogP contribution in [0.25, 0.3) is 10.9 Å². The number of urea groups is 1. The van der Waals surface area contributed by atoms with E-state index < -0.39 is 0 Å². The molecule has 2 saturated heterocycles. The summed E-state index contributed by atoms with van der Waals surface area (Å²) in [6.07, 6.45) is 4.06. The maximum absolute atomic E-state index is 13.0. The van der Waals surface area contributed by atoms with Crippen LogP contribution in [-0.4, -0.2) is 105 Å². The van der Waals surface area contributed by atoms with E-state index in [-0.39, 0.29) is 11.9 Å². The number of rotatable bonds is 11. The molecule has 0 bridgehead atoms. The summed E-state index contributed by atoms with van der Waals surface area (Å²) < 4.78 is 16.3. The summed E-state index contributed by atoms with van der Waals surface area (Å²) in [5.41, 5.74) is 3.76. The van der Waals surface area contributed by atoms with Crippen LogP contribution in [0, 0.1) is 0 Å². The van der Waals surface area contributed by atoms with Gasteiger partial charge in [-0.15, -0.1) is 0 Å². The van der Waals surface area contributed by atoms with Gasteiger partial charge in [-0.05, 0) is 49.2 Å². The number of piperidine rings is 1. The number of benzene rings is 2. The molecule has 11 nitrogen and oxygen atoms in total. The Bertz CT molecular complexity index is 1290. The maximum atomic E-state index is 13.0. The molecule has 11 heteroatoms. The number of carbonyl (C=O) groups is 2. The van der Waals surface area contributed by atoms with Gasteiger partial charge in [0.15, 0.2) is 0 Å². The molecule has 0 radical (unpaired) electrons. The highest BCUT2D eigenvalue weighted by atomic mass is 16.5. The van der Waals surface area contributed by atoms with Gasteiger partial charge in [-0.1, -0.05) is 0 Å². The van der Waals surface area contributed by atoms with Crippen molar-refractivity contribution in [3.63, 3.8) is 0 Å². The van der Waals surface area contributed by atoms with E-state index in [0.29, 0.717) is 45.1 Å². The molecule has 0 atom stereocenters. The Morgan fingerprint density at radius 1 is 1.05 bits per heavy atom. The summed E-state index contributed by atoms with van der Waals surface area (Å²) in [4.78, 5) is 39.0. The molecule has 2 aliphatic heterocycles. The van der Waals surface area contributed by atoms with E-state index in [9.17, 15) is 9.59 Å².